The van der Waals surface area contributed by atoms with E-state index in [-0.39, 0.29) is 10.8 Å². The van der Waals surface area contributed by atoms with Crippen LogP contribution in [0.15, 0.2) is 35.7 Å². The number of fused-ring (bicyclic) bond motifs is 5. The highest BCUT2D eigenvalue weighted by Gasteiger charge is 2.59. The molecule has 30 heavy (non-hydrogen) atoms. The average molecular weight is 416 g/mol. The Morgan fingerprint density at radius 2 is 1.97 bits per heavy atom. The number of hydrogen-bond acceptors (Lipinski definition) is 6. The maximum atomic E-state index is 12.7. The first-order chi connectivity index (χ1) is 14.4. The lowest BCUT2D eigenvalue weighted by Crippen LogP contribution is -2.51. The summed E-state index contributed by atoms with van der Waals surface area (Å²) < 4.78 is 0. The molecule has 6 nitrogen and oxygen atoms in total. The van der Waals surface area contributed by atoms with Crippen LogP contribution in [0.5, 0.6) is 0 Å². The molecule has 4 aliphatic rings. The van der Waals surface area contributed by atoms with E-state index in [1.54, 1.807) is 6.08 Å². The van der Waals surface area contributed by atoms with E-state index in [9.17, 15) is 4.79 Å². The normalized spacial score (nSPS) is 37.8. The number of nitrogens with two attached hydrogens (primary N) is 1. The Bertz CT molecular complexity index is 761. The third kappa shape index (κ3) is 3.53. The van der Waals surface area contributed by atoms with E-state index in [1.165, 1.54) is 5.57 Å². The van der Waals surface area contributed by atoms with E-state index < -0.39 is 0 Å². The Labute approximate surface area is 180 Å². The topological polar surface area (TPSA) is 85.6 Å². The van der Waals surface area contributed by atoms with Crippen LogP contribution in [0.1, 0.15) is 58.8 Å². The van der Waals surface area contributed by atoms with Crippen LogP contribution in [-0.4, -0.2) is 25.5 Å². The summed E-state index contributed by atoms with van der Waals surface area (Å²) in [6, 6.07) is 0. The molecule has 2 fully saturated rings. The highest BCUT2D eigenvalue weighted by molar-refractivity contribution is 5.87. The molecule has 166 valence electrons. The van der Waals surface area contributed by atoms with Gasteiger partial charge in [-0.3, -0.25) is 25.4 Å². The van der Waals surface area contributed by atoms with Gasteiger partial charge < -0.3 is 5.73 Å². The maximum Gasteiger partial charge on any atom is 0.139 e. The van der Waals surface area contributed by atoms with Gasteiger partial charge in [0.25, 0.3) is 0 Å². The van der Waals surface area contributed by atoms with Crippen LogP contribution in [0.2, 0.25) is 0 Å². The van der Waals surface area contributed by atoms with Gasteiger partial charge in [0.1, 0.15) is 5.78 Å². The van der Waals surface area contributed by atoms with Gasteiger partial charge in [0.2, 0.25) is 0 Å². The zero-order chi connectivity index (χ0) is 21.4. The van der Waals surface area contributed by atoms with Gasteiger partial charge in [0.15, 0.2) is 0 Å². The summed E-state index contributed by atoms with van der Waals surface area (Å²) in [6.45, 7) is 9.83. The third-order valence-corrected chi connectivity index (χ3v) is 8.40. The summed E-state index contributed by atoms with van der Waals surface area (Å²) in [5.41, 5.74) is 15.4. The predicted octanol–water partition coefficient (Wildman–Crippen LogP) is 3.53. The summed E-state index contributed by atoms with van der Waals surface area (Å²) in [5.74, 6) is 2.09. The summed E-state index contributed by atoms with van der Waals surface area (Å²) >= 11 is 0. The third-order valence-electron chi connectivity index (χ3n) is 8.40. The smallest absolute Gasteiger partial charge is 0.139 e. The Balaban J connectivity index is 1.67. The zero-order valence-corrected chi connectivity index (χ0v) is 18.5. The molecule has 4 aliphatic carbocycles. The Morgan fingerprint density at radius 1 is 1.17 bits per heavy atom. The molecule has 4 N–H and O–H groups in total. The van der Waals surface area contributed by atoms with Crippen LogP contribution in [0.25, 0.3) is 0 Å². The number of ketones is 1. The minimum Gasteiger partial charge on any atom is -0.328 e. The Morgan fingerprint density at radius 3 is 2.73 bits per heavy atom. The number of hydrogen-bond donors (Lipinski definition) is 3. The minimum atomic E-state index is -0.130. The van der Waals surface area contributed by atoms with Gasteiger partial charge in [0, 0.05) is 29.8 Å². The summed E-state index contributed by atoms with van der Waals surface area (Å²) in [4.78, 5) is 23.9. The quantitative estimate of drug-likeness (QED) is 0.319. The predicted molar refractivity (Wildman–Crippen MR) is 117 cm³/mol. The zero-order valence-electron chi connectivity index (χ0n) is 18.5. The van der Waals surface area contributed by atoms with E-state index in [0.29, 0.717) is 43.3 Å². The van der Waals surface area contributed by atoms with Crippen molar-refractivity contribution in [2.75, 3.05) is 19.8 Å². The number of hydroxylamine groups is 2. The van der Waals surface area contributed by atoms with Gasteiger partial charge >= 0.3 is 0 Å². The van der Waals surface area contributed by atoms with Crippen molar-refractivity contribution in [2.45, 2.75) is 58.8 Å². The first-order valence-electron chi connectivity index (χ1n) is 11.5. The van der Waals surface area contributed by atoms with Crippen molar-refractivity contribution in [1.82, 2.24) is 11.0 Å². The van der Waals surface area contributed by atoms with Crippen molar-refractivity contribution in [3.8, 4) is 0 Å². The van der Waals surface area contributed by atoms with Crippen molar-refractivity contribution >= 4 is 5.78 Å². The van der Waals surface area contributed by atoms with Crippen LogP contribution >= 0.6 is 0 Å². The fourth-order valence-corrected chi connectivity index (χ4v) is 6.80. The molecular weight excluding hydrogens is 378 g/mol. The van der Waals surface area contributed by atoms with Crippen LogP contribution in [0.3, 0.4) is 0 Å². The largest absolute Gasteiger partial charge is 0.328 e. The monoisotopic (exact) mass is 415 g/mol. The molecule has 0 aromatic rings. The van der Waals surface area contributed by atoms with Crippen molar-refractivity contribution in [3.63, 3.8) is 0 Å². The van der Waals surface area contributed by atoms with Gasteiger partial charge in [-0.25, -0.2) is 0 Å². The highest BCUT2D eigenvalue weighted by Crippen LogP contribution is 2.64. The van der Waals surface area contributed by atoms with Gasteiger partial charge in [-0.15, -0.1) is 6.58 Å². The van der Waals surface area contributed by atoms with Crippen LogP contribution < -0.4 is 16.7 Å². The Kier molecular flexibility index (Phi) is 6.11. The lowest BCUT2D eigenvalue weighted by atomic mass is 9.48. The number of carbonyl (C=O) groups is 1. The van der Waals surface area contributed by atoms with Crippen molar-refractivity contribution < 1.29 is 14.5 Å². The van der Waals surface area contributed by atoms with Crippen LogP contribution in [0.4, 0.5) is 0 Å². The summed E-state index contributed by atoms with van der Waals surface area (Å²) in [6.07, 6.45) is 10.9. The lowest BCUT2D eigenvalue weighted by Gasteiger charge is -2.56. The molecule has 0 heterocycles. The molecule has 2 saturated carbocycles. The molecule has 4 rings (SSSR count). The molecule has 0 aromatic heterocycles. The fraction of sp³-hybridized carbons (Fsp3) is 0.708. The molecule has 0 amide bonds. The highest BCUT2D eigenvalue weighted by atomic mass is 16.6. The molecule has 0 saturated heterocycles. The summed E-state index contributed by atoms with van der Waals surface area (Å²) in [7, 11) is 0. The first-order valence-corrected chi connectivity index (χ1v) is 11.5. The number of Topliss-reactive ketones (excluding diaryl/α,β-unsaturated/α-hetero) is 1. The number of allylic oxidation sites excluding steroid dienone is 4. The second kappa shape index (κ2) is 8.48. The van der Waals surface area contributed by atoms with Gasteiger partial charge in [0.05, 0.1) is 13.2 Å². The average Bonchev–Trinajstić information content (AvgIpc) is 3.04. The number of rotatable bonds is 8. The van der Waals surface area contributed by atoms with E-state index in [1.807, 2.05) is 0 Å². The summed E-state index contributed by atoms with van der Waals surface area (Å²) in [5, 5.41) is 0. The van der Waals surface area contributed by atoms with E-state index in [2.05, 4.69) is 37.5 Å². The Hall–Kier alpha value is -1.63. The van der Waals surface area contributed by atoms with Crippen molar-refractivity contribution in [2.24, 2.45) is 34.3 Å². The number of nitrogens with one attached hydrogen (secondary N) is 2. The molecule has 0 spiro atoms. The molecule has 0 unspecified atom stereocenters. The van der Waals surface area contributed by atoms with E-state index in [0.717, 1.165) is 56.3 Å². The maximum absolute atomic E-state index is 12.7. The molecular formula is C24H37N3O3. The van der Waals surface area contributed by atoms with Crippen molar-refractivity contribution in [3.05, 3.63) is 35.7 Å². The molecule has 0 bridgehead atoms. The standard InChI is InChI=1S/C24H37N3O3/c1-4-12-29-27-21-15-17-18-5-6-22(28)24(18,3)10-8-19(17)23(2)9-7-16(14-20(21)23)26-30-13-11-25/h4,14,17-19,26-27H,1,5-13,15,25H2,2-3H3/t17-,18-,19-,23+,24-/m0/s1. The molecule has 0 aromatic carbocycles. The van der Waals surface area contributed by atoms with Crippen LogP contribution in [-0.2, 0) is 14.5 Å². The molecule has 0 radical (unpaired) electrons. The molecule has 0 aliphatic heterocycles. The SMILES string of the molecule is C=CCONC1=C2C=C(NOCCN)CC[C@]2(C)[C@H]2CC[C@]3(C)C(=O)CC[C@H]3[C@@H]2C1. The lowest BCUT2D eigenvalue weighted by molar-refractivity contribution is -0.131. The van der Waals surface area contributed by atoms with E-state index in [4.69, 9.17) is 15.4 Å². The minimum absolute atomic E-state index is 0.0782. The van der Waals surface area contributed by atoms with Gasteiger partial charge in [-0.05, 0) is 73.3 Å². The molecule has 5 atom stereocenters. The fourth-order valence-electron chi connectivity index (χ4n) is 6.80. The van der Waals surface area contributed by atoms with Gasteiger partial charge in [-0.2, -0.15) is 0 Å². The number of carbonyl (C=O) groups excluding carboxylic acids is 1. The van der Waals surface area contributed by atoms with Crippen LogP contribution in [0, 0.1) is 28.6 Å². The first kappa shape index (κ1) is 21.6. The van der Waals surface area contributed by atoms with Crippen molar-refractivity contribution in [1.29, 1.82) is 0 Å². The molecule has 6 heteroatoms. The second-order valence-electron chi connectivity index (χ2n) is 9.92. The van der Waals surface area contributed by atoms with Gasteiger partial charge in [-0.1, -0.05) is 19.9 Å². The second-order valence-corrected chi connectivity index (χ2v) is 9.92. The van der Waals surface area contributed by atoms with E-state index >= 15 is 0 Å².